The molecule has 1 fully saturated rings. The van der Waals surface area contributed by atoms with Gasteiger partial charge in [0.05, 0.1) is 10.7 Å². The van der Waals surface area contributed by atoms with Crippen molar-refractivity contribution in [2.24, 2.45) is 0 Å². The summed E-state index contributed by atoms with van der Waals surface area (Å²) < 4.78 is 2.62. The Morgan fingerprint density at radius 1 is 1.59 bits per heavy atom. The van der Waals surface area contributed by atoms with Crippen molar-refractivity contribution in [1.29, 1.82) is 0 Å². The first-order valence-corrected chi connectivity index (χ1v) is 6.89. The Labute approximate surface area is 110 Å². The van der Waals surface area contributed by atoms with Crippen molar-refractivity contribution in [3.63, 3.8) is 0 Å². The van der Waals surface area contributed by atoms with Crippen LogP contribution in [0.3, 0.4) is 0 Å². The number of amides is 1. The Balaban J connectivity index is 2.08. The summed E-state index contributed by atoms with van der Waals surface area (Å²) in [4.78, 5) is 14.4. The highest BCUT2D eigenvalue weighted by atomic mass is 79.9. The summed E-state index contributed by atoms with van der Waals surface area (Å²) in [5.41, 5.74) is 0. The summed E-state index contributed by atoms with van der Waals surface area (Å²) in [5, 5.41) is 4.18. The van der Waals surface area contributed by atoms with Crippen molar-refractivity contribution in [1.82, 2.24) is 14.7 Å². The van der Waals surface area contributed by atoms with Gasteiger partial charge >= 0.3 is 0 Å². The lowest BCUT2D eigenvalue weighted by Crippen LogP contribution is -2.45. The molecule has 0 N–H and O–H groups in total. The molecule has 17 heavy (non-hydrogen) atoms. The Morgan fingerprint density at radius 3 is 2.94 bits per heavy atom. The van der Waals surface area contributed by atoms with E-state index in [1.165, 1.54) is 6.42 Å². The molecule has 1 amide bonds. The van der Waals surface area contributed by atoms with E-state index in [1.807, 2.05) is 18.0 Å². The van der Waals surface area contributed by atoms with Crippen molar-refractivity contribution in [2.45, 2.75) is 45.2 Å². The second-order valence-electron chi connectivity index (χ2n) is 4.69. The van der Waals surface area contributed by atoms with Gasteiger partial charge in [0.25, 0.3) is 0 Å². The molecular weight excluding hydrogens is 282 g/mol. The number of likely N-dealkylation sites (tertiary alicyclic amines) is 1. The molecule has 1 saturated heterocycles. The topological polar surface area (TPSA) is 38.1 Å². The summed E-state index contributed by atoms with van der Waals surface area (Å²) in [6, 6.07) is 0.138. The predicted octanol–water partition coefficient (Wildman–Crippen LogP) is 2.61. The molecule has 0 aliphatic carbocycles. The molecule has 0 saturated carbocycles. The fourth-order valence-corrected chi connectivity index (χ4v) is 2.61. The number of aromatic nitrogens is 2. The molecule has 0 unspecified atom stereocenters. The first-order valence-electron chi connectivity index (χ1n) is 6.09. The third-order valence-electron chi connectivity index (χ3n) is 3.41. The van der Waals surface area contributed by atoms with E-state index >= 15 is 0 Å². The van der Waals surface area contributed by atoms with Gasteiger partial charge in [0.1, 0.15) is 6.04 Å². The highest BCUT2D eigenvalue weighted by molar-refractivity contribution is 9.10. The zero-order valence-electron chi connectivity index (χ0n) is 10.3. The van der Waals surface area contributed by atoms with E-state index in [4.69, 9.17) is 0 Å². The van der Waals surface area contributed by atoms with Crippen LogP contribution in [0.4, 0.5) is 0 Å². The molecule has 0 spiro atoms. The molecule has 94 valence electrons. The molecule has 2 atom stereocenters. The standard InChI is InChI=1S/C12H18BrN3O/c1-9-5-3-4-6-15(9)12(17)10(2)16-8-11(13)7-14-16/h7-10H,3-6H2,1-2H3/t9-,10+/m1/s1. The average molecular weight is 300 g/mol. The van der Waals surface area contributed by atoms with Crippen molar-refractivity contribution < 1.29 is 4.79 Å². The number of hydrogen-bond donors (Lipinski definition) is 0. The van der Waals surface area contributed by atoms with Crippen LogP contribution in [0.2, 0.25) is 0 Å². The maximum absolute atomic E-state index is 12.4. The highest BCUT2D eigenvalue weighted by Crippen LogP contribution is 2.21. The molecule has 1 aliphatic rings. The van der Waals surface area contributed by atoms with Crippen LogP contribution in [0.5, 0.6) is 0 Å². The van der Waals surface area contributed by atoms with Gasteiger partial charge in [-0.05, 0) is 49.0 Å². The molecule has 5 heteroatoms. The van der Waals surface area contributed by atoms with Crippen LogP contribution in [0.1, 0.15) is 39.2 Å². The van der Waals surface area contributed by atoms with E-state index in [1.54, 1.807) is 10.9 Å². The van der Waals surface area contributed by atoms with Gasteiger partial charge < -0.3 is 4.90 Å². The fourth-order valence-electron chi connectivity index (χ4n) is 2.31. The van der Waals surface area contributed by atoms with Gasteiger partial charge in [-0.2, -0.15) is 5.10 Å². The molecule has 0 aromatic carbocycles. The SMILES string of the molecule is C[C@@H]1CCCCN1C(=O)[C@H](C)n1cc(Br)cn1. The van der Waals surface area contributed by atoms with Crippen LogP contribution in [-0.2, 0) is 4.79 Å². The Bertz CT molecular complexity index is 404. The maximum atomic E-state index is 12.4. The van der Waals surface area contributed by atoms with Gasteiger partial charge in [0.2, 0.25) is 5.91 Å². The lowest BCUT2D eigenvalue weighted by Gasteiger charge is -2.35. The zero-order valence-corrected chi connectivity index (χ0v) is 11.9. The summed E-state index contributed by atoms with van der Waals surface area (Å²) in [6.07, 6.45) is 7.01. The van der Waals surface area contributed by atoms with Crippen LogP contribution in [0.25, 0.3) is 0 Å². The maximum Gasteiger partial charge on any atom is 0.247 e. The minimum atomic E-state index is -0.221. The highest BCUT2D eigenvalue weighted by Gasteiger charge is 2.28. The lowest BCUT2D eigenvalue weighted by atomic mass is 10.0. The minimum absolute atomic E-state index is 0.174. The number of halogens is 1. The molecule has 4 nitrogen and oxygen atoms in total. The summed E-state index contributed by atoms with van der Waals surface area (Å²) >= 11 is 3.35. The summed E-state index contributed by atoms with van der Waals surface area (Å²) in [7, 11) is 0. The molecule has 2 rings (SSSR count). The van der Waals surface area contributed by atoms with Gasteiger partial charge in [0, 0.05) is 18.8 Å². The number of hydrogen-bond acceptors (Lipinski definition) is 2. The molecule has 1 aromatic rings. The quantitative estimate of drug-likeness (QED) is 0.842. The molecule has 2 heterocycles. The second kappa shape index (κ2) is 5.21. The van der Waals surface area contributed by atoms with Crippen LogP contribution in [0, 0.1) is 0 Å². The van der Waals surface area contributed by atoms with Gasteiger partial charge in [-0.15, -0.1) is 0 Å². The fraction of sp³-hybridized carbons (Fsp3) is 0.667. The number of carbonyl (C=O) groups excluding carboxylic acids is 1. The normalized spacial score (nSPS) is 22.5. The van der Waals surface area contributed by atoms with E-state index in [-0.39, 0.29) is 11.9 Å². The smallest absolute Gasteiger partial charge is 0.247 e. The van der Waals surface area contributed by atoms with E-state index < -0.39 is 0 Å². The lowest BCUT2D eigenvalue weighted by molar-refractivity contribution is -0.137. The Morgan fingerprint density at radius 2 is 2.35 bits per heavy atom. The molecule has 1 aliphatic heterocycles. The van der Waals surface area contributed by atoms with Crippen LogP contribution >= 0.6 is 15.9 Å². The monoisotopic (exact) mass is 299 g/mol. The number of nitrogens with zero attached hydrogens (tertiary/aromatic N) is 3. The van der Waals surface area contributed by atoms with Gasteiger partial charge in [-0.25, -0.2) is 0 Å². The first-order chi connectivity index (χ1) is 8.09. The van der Waals surface area contributed by atoms with Gasteiger partial charge in [-0.1, -0.05) is 0 Å². The molecular formula is C12H18BrN3O. The van der Waals surface area contributed by atoms with Crippen LogP contribution < -0.4 is 0 Å². The van der Waals surface area contributed by atoms with E-state index in [2.05, 4.69) is 28.0 Å². The third-order valence-corrected chi connectivity index (χ3v) is 3.82. The van der Waals surface area contributed by atoms with Crippen molar-refractivity contribution in [3.8, 4) is 0 Å². The average Bonchev–Trinajstić information content (AvgIpc) is 2.75. The largest absolute Gasteiger partial charge is 0.338 e. The van der Waals surface area contributed by atoms with Crippen molar-refractivity contribution >= 4 is 21.8 Å². The van der Waals surface area contributed by atoms with Crippen LogP contribution in [-0.4, -0.2) is 33.2 Å². The molecule has 0 bridgehead atoms. The first kappa shape index (κ1) is 12.6. The van der Waals surface area contributed by atoms with E-state index in [9.17, 15) is 4.79 Å². The number of carbonyl (C=O) groups is 1. The molecule has 1 aromatic heterocycles. The van der Waals surface area contributed by atoms with E-state index in [0.29, 0.717) is 6.04 Å². The van der Waals surface area contributed by atoms with Crippen LogP contribution in [0.15, 0.2) is 16.9 Å². The van der Waals surface area contributed by atoms with E-state index in [0.717, 1.165) is 23.9 Å². The Hall–Kier alpha value is -0.840. The minimum Gasteiger partial charge on any atom is -0.338 e. The number of rotatable bonds is 2. The summed E-state index contributed by atoms with van der Waals surface area (Å²) in [6.45, 7) is 4.92. The predicted molar refractivity (Wildman–Crippen MR) is 69.7 cm³/mol. The van der Waals surface area contributed by atoms with Crippen molar-refractivity contribution in [2.75, 3.05) is 6.54 Å². The van der Waals surface area contributed by atoms with Crippen molar-refractivity contribution in [3.05, 3.63) is 16.9 Å². The zero-order chi connectivity index (χ0) is 12.4. The molecule has 0 radical (unpaired) electrons. The van der Waals surface area contributed by atoms with Gasteiger partial charge in [-0.3, -0.25) is 9.48 Å². The third kappa shape index (κ3) is 2.70. The number of piperidine rings is 1. The summed E-state index contributed by atoms with van der Waals surface area (Å²) in [5.74, 6) is 0.174. The van der Waals surface area contributed by atoms with Gasteiger partial charge in [0.15, 0.2) is 0 Å². The second-order valence-corrected chi connectivity index (χ2v) is 5.61. The Kier molecular flexibility index (Phi) is 3.86.